The Hall–Kier alpha value is -3.84. The second kappa shape index (κ2) is 39.2. The molecule has 25 nitrogen and oxygen atoms in total. The lowest BCUT2D eigenvalue weighted by molar-refractivity contribution is -0.399. The van der Waals surface area contributed by atoms with E-state index in [1.54, 1.807) is 52.0 Å². The molecule has 27 atom stereocenters. The number of aliphatic hydroxyl groups is 7. The molecule has 0 aliphatic carbocycles. The van der Waals surface area contributed by atoms with E-state index >= 15 is 0 Å². The first kappa shape index (κ1) is 78.5. The summed E-state index contributed by atoms with van der Waals surface area (Å²) in [5.41, 5.74) is 0.665. The van der Waals surface area contributed by atoms with Gasteiger partial charge in [0, 0.05) is 18.9 Å². The van der Waals surface area contributed by atoms with E-state index in [2.05, 4.69) is 13.8 Å². The second-order valence-corrected chi connectivity index (χ2v) is 26.8. The van der Waals surface area contributed by atoms with E-state index in [0.717, 1.165) is 96.0 Å². The summed E-state index contributed by atoms with van der Waals surface area (Å²) < 4.78 is 89.7. The normalized spacial score (nSPS) is 39.1. The number of carbonyl (C=O) groups is 4. The zero-order valence-corrected chi connectivity index (χ0v) is 57.2. The van der Waals surface area contributed by atoms with Gasteiger partial charge in [0.05, 0.1) is 42.5 Å². The predicted molar refractivity (Wildman–Crippen MR) is 341 cm³/mol. The van der Waals surface area contributed by atoms with Crippen LogP contribution in [0.2, 0.25) is 0 Å². The minimum absolute atomic E-state index is 0.0437. The summed E-state index contributed by atoms with van der Waals surface area (Å²) in [5, 5.41) is 81.8. The van der Waals surface area contributed by atoms with Crippen molar-refractivity contribution in [3.63, 3.8) is 0 Å². The maximum atomic E-state index is 14.5. The average molecular weight is 1350 g/mol. The number of carbonyl (C=O) groups excluding carboxylic acids is 4. The largest absolute Gasteiger partial charge is 0.456 e. The van der Waals surface area contributed by atoms with Crippen molar-refractivity contribution in [2.24, 2.45) is 5.92 Å². The molecule has 95 heavy (non-hydrogen) atoms. The molecule has 0 amide bonds. The molecule has 6 aliphatic rings. The molecule has 0 aromatic heterocycles. The van der Waals surface area contributed by atoms with Gasteiger partial charge >= 0.3 is 23.9 Å². The Labute approximate surface area is 560 Å². The molecule has 7 N–H and O–H groups in total. The van der Waals surface area contributed by atoms with Crippen molar-refractivity contribution in [2.45, 2.75) is 363 Å². The zero-order chi connectivity index (χ0) is 68.9. The lowest BCUT2D eigenvalue weighted by Crippen LogP contribution is -2.68. The van der Waals surface area contributed by atoms with Crippen LogP contribution in [0.5, 0.6) is 0 Å². The van der Waals surface area contributed by atoms with Crippen molar-refractivity contribution in [3.8, 4) is 0 Å². The van der Waals surface area contributed by atoms with Gasteiger partial charge in [-0.1, -0.05) is 154 Å². The first-order valence-electron chi connectivity index (χ1n) is 35.4. The van der Waals surface area contributed by atoms with Crippen molar-refractivity contribution in [2.75, 3.05) is 0 Å². The fourth-order valence-electron chi connectivity index (χ4n) is 13.0. The molecule has 0 radical (unpaired) electrons. The third-order valence-corrected chi connectivity index (χ3v) is 19.1. The highest BCUT2D eigenvalue weighted by Crippen LogP contribution is 2.40. The Morgan fingerprint density at radius 3 is 1.78 bits per heavy atom. The summed E-state index contributed by atoms with van der Waals surface area (Å²) in [4.78, 5) is 55.8. The van der Waals surface area contributed by atoms with Gasteiger partial charge in [-0.3, -0.25) is 14.4 Å². The summed E-state index contributed by atoms with van der Waals surface area (Å²) in [6, 6.07) is 8.90. The van der Waals surface area contributed by atoms with Gasteiger partial charge in [0.25, 0.3) is 0 Å². The van der Waals surface area contributed by atoms with Crippen molar-refractivity contribution in [1.82, 2.24) is 0 Å². The van der Waals surface area contributed by atoms with Crippen LogP contribution in [0.3, 0.4) is 0 Å². The number of esters is 4. The van der Waals surface area contributed by atoms with E-state index < -0.39 is 183 Å². The molecule has 7 rings (SSSR count). The topological polar surface area (TPSA) is 339 Å². The number of rotatable bonds is 25. The van der Waals surface area contributed by atoms with Crippen molar-refractivity contribution in [3.05, 3.63) is 42.0 Å². The van der Waals surface area contributed by atoms with Gasteiger partial charge in [0.2, 0.25) is 0 Å². The van der Waals surface area contributed by atoms with E-state index in [-0.39, 0.29) is 18.9 Å². The van der Waals surface area contributed by atoms with Crippen molar-refractivity contribution in [1.29, 1.82) is 0 Å². The lowest BCUT2D eigenvalue weighted by Gasteiger charge is -2.51. The number of ether oxygens (including phenoxy) is 14. The highest BCUT2D eigenvalue weighted by molar-refractivity contribution is 5.87. The van der Waals surface area contributed by atoms with Gasteiger partial charge in [-0.25, -0.2) is 4.79 Å². The Morgan fingerprint density at radius 1 is 0.505 bits per heavy atom. The van der Waals surface area contributed by atoms with Crippen molar-refractivity contribution < 1.29 is 121 Å². The number of hydrogen-bond acceptors (Lipinski definition) is 25. The average Bonchev–Trinajstić information content (AvgIpc) is 1.13. The molecule has 25 heteroatoms. The SMILES string of the molecule is CCCCCCCCCC(=O)O[C@H]1[C@H](O[C@@H]2[C@H]3OC(=O)CCCCCCCCC[C@H](CCCCC)O[C@@H]4O[C@H](C)[C@H](O)[C@H](O)[C@H]4O[C@H](O[C@H]2C)[C@@H]3O)O[C@@H](C)[C@H](O[C@@H]2O[C@@H](C)[C@H](OC(=O)[C@@H](C)CC)[C@@H](OC(=O)/C=C/c3ccccc3)[C@H]2O)[C@H]1O[C@@H]1O[C@@H](C)[C@H](O)[C@@H](O)[C@H]1O. The minimum Gasteiger partial charge on any atom is -0.456 e. The highest BCUT2D eigenvalue weighted by atomic mass is 16.8. The first-order chi connectivity index (χ1) is 45.5. The number of fused-ring (bicyclic) bond motifs is 3. The third kappa shape index (κ3) is 22.3. The maximum absolute atomic E-state index is 14.5. The molecule has 6 fully saturated rings. The van der Waals surface area contributed by atoms with E-state index in [1.165, 1.54) is 26.8 Å². The van der Waals surface area contributed by atoms with Crippen LogP contribution in [-0.2, 0) is 85.5 Å². The van der Waals surface area contributed by atoms with Crippen LogP contribution in [0, 0.1) is 5.92 Å². The summed E-state index contributed by atoms with van der Waals surface area (Å²) >= 11 is 0. The number of hydrogen-bond donors (Lipinski definition) is 7. The maximum Gasteiger partial charge on any atom is 0.331 e. The van der Waals surface area contributed by atoms with Gasteiger partial charge in [-0.15, -0.1) is 0 Å². The molecular formula is C70H112O25. The molecule has 6 aliphatic heterocycles. The van der Waals surface area contributed by atoms with E-state index in [1.807, 2.05) is 6.07 Å². The van der Waals surface area contributed by atoms with Gasteiger partial charge in [-0.2, -0.15) is 0 Å². The van der Waals surface area contributed by atoms with Gasteiger partial charge in [0.1, 0.15) is 67.1 Å². The molecular weight excluding hydrogens is 1240 g/mol. The molecule has 1 aromatic rings. The molecule has 1 aromatic carbocycles. The Morgan fingerprint density at radius 2 is 1.07 bits per heavy atom. The minimum atomic E-state index is -1.95. The van der Waals surface area contributed by atoms with Gasteiger partial charge < -0.3 is 102 Å². The monoisotopic (exact) mass is 1350 g/mol. The van der Waals surface area contributed by atoms with Gasteiger partial charge in [0.15, 0.2) is 55.9 Å². The number of benzene rings is 1. The van der Waals surface area contributed by atoms with Crippen molar-refractivity contribution >= 4 is 30.0 Å². The van der Waals surface area contributed by atoms with E-state index in [0.29, 0.717) is 44.1 Å². The first-order valence-corrected chi connectivity index (χ1v) is 35.4. The Balaban J connectivity index is 1.26. The highest BCUT2D eigenvalue weighted by Gasteiger charge is 2.59. The summed E-state index contributed by atoms with van der Waals surface area (Å²) in [6.45, 7) is 15.3. The molecule has 6 heterocycles. The molecule has 2 bridgehead atoms. The van der Waals surface area contributed by atoms with E-state index in [4.69, 9.17) is 66.3 Å². The molecule has 0 spiro atoms. The molecule has 6 saturated heterocycles. The summed E-state index contributed by atoms with van der Waals surface area (Å²) in [5.74, 6) is -3.63. The van der Waals surface area contributed by atoms with Crippen LogP contribution in [0.15, 0.2) is 36.4 Å². The van der Waals surface area contributed by atoms with Crippen LogP contribution >= 0.6 is 0 Å². The standard InChI is InChI=1S/C70H112O25/c1-10-13-15-16-18-22-30-36-48(72)90-64-63(95-66-54(78)52(76)50(74)40(5)82-66)59(92-67-55(79)60(57(42(7)84-67)91-65(81)39(4)12-3)89-49(73)38-37-45-31-26-24-27-32-45)44(9)86-70(64)93-58-43(8)85-68-56(80)61(58)88-47(71)35-29-23-20-17-19-21-28-34-46(33-25-14-11-2)87-69-62(94-68)53(77)51(75)41(6)83-69/h24,26-27,31-32,37-44,46,50-64,66-70,74-80H,10-23,25,28-30,33-36H2,1-9H3/b38-37+/t39-,40-,41+,42-,43-,44-,46-,50-,51-,52+,53-,54+,55+,56+,57-,58-,59-,60-,61-,62+,63+,64+,66-,67-,68-,69-,70-/m0/s1. The fourth-order valence-corrected chi connectivity index (χ4v) is 13.0. The van der Waals surface area contributed by atoms with Crippen LogP contribution < -0.4 is 0 Å². The van der Waals surface area contributed by atoms with Crippen LogP contribution in [0.25, 0.3) is 6.08 Å². The Bertz CT molecular complexity index is 2460. The smallest absolute Gasteiger partial charge is 0.331 e. The number of aliphatic hydroxyl groups excluding tert-OH is 7. The Kier molecular flexibility index (Phi) is 32.4. The van der Waals surface area contributed by atoms with Crippen LogP contribution in [-0.4, -0.2) is 219 Å². The molecule has 0 saturated carbocycles. The summed E-state index contributed by atoms with van der Waals surface area (Å²) in [7, 11) is 0. The van der Waals surface area contributed by atoms with Gasteiger partial charge in [-0.05, 0) is 78.4 Å². The summed E-state index contributed by atoms with van der Waals surface area (Å²) in [6.07, 6.45) is -20.2. The van der Waals surface area contributed by atoms with Crippen LogP contribution in [0.4, 0.5) is 0 Å². The van der Waals surface area contributed by atoms with Crippen LogP contribution in [0.1, 0.15) is 209 Å². The third-order valence-electron chi connectivity index (χ3n) is 19.1. The van der Waals surface area contributed by atoms with E-state index in [9.17, 15) is 54.9 Å². The number of unbranched alkanes of at least 4 members (excludes halogenated alkanes) is 8. The fraction of sp³-hybridized carbons (Fsp3) is 0.829. The predicted octanol–water partition coefficient (Wildman–Crippen LogP) is 6.81. The quantitative estimate of drug-likeness (QED) is 0.0229. The zero-order valence-electron chi connectivity index (χ0n) is 57.2. The molecule has 542 valence electrons. The second-order valence-electron chi connectivity index (χ2n) is 26.8. The lowest BCUT2D eigenvalue weighted by atomic mass is 9.95. The molecule has 0 unspecified atom stereocenters.